The number of nitrogens with one attached hydrogen (secondary N) is 1. The highest BCUT2D eigenvalue weighted by molar-refractivity contribution is 5.39. The minimum absolute atomic E-state index is 0.138. The zero-order chi connectivity index (χ0) is 13.5. The minimum Gasteiger partial charge on any atom is -0.495 e. The molecule has 0 radical (unpaired) electrons. The van der Waals surface area contributed by atoms with Crippen LogP contribution in [-0.2, 0) is 0 Å². The number of rotatable bonds is 6. The van der Waals surface area contributed by atoms with E-state index >= 15 is 0 Å². The van der Waals surface area contributed by atoms with Gasteiger partial charge in [-0.1, -0.05) is 37.3 Å². The van der Waals surface area contributed by atoms with Crippen molar-refractivity contribution < 1.29 is 4.74 Å². The fourth-order valence-corrected chi connectivity index (χ4v) is 2.14. The molecule has 100 valence electrons. The van der Waals surface area contributed by atoms with E-state index in [2.05, 4.69) is 41.5 Å². The van der Waals surface area contributed by atoms with Gasteiger partial charge in [0.2, 0.25) is 0 Å². The van der Waals surface area contributed by atoms with Crippen LogP contribution >= 0.6 is 0 Å². The summed E-state index contributed by atoms with van der Waals surface area (Å²) in [5.74, 6) is 0.819. The van der Waals surface area contributed by atoms with Gasteiger partial charge in [0, 0.05) is 11.8 Å². The van der Waals surface area contributed by atoms with Gasteiger partial charge in [-0.2, -0.15) is 0 Å². The molecule has 1 aromatic carbocycles. The van der Waals surface area contributed by atoms with Crippen molar-refractivity contribution in [2.75, 3.05) is 13.7 Å². The van der Waals surface area contributed by atoms with Crippen LogP contribution in [0.4, 0.5) is 0 Å². The van der Waals surface area contributed by atoms with Gasteiger partial charge in [-0.25, -0.2) is 0 Å². The second-order valence-electron chi connectivity index (χ2n) is 4.42. The molecule has 2 rings (SSSR count). The fourth-order valence-electron chi connectivity index (χ4n) is 2.14. The smallest absolute Gasteiger partial charge is 0.142 e. The molecule has 0 aliphatic carbocycles. The van der Waals surface area contributed by atoms with Crippen molar-refractivity contribution in [3.8, 4) is 5.75 Å². The summed E-state index contributed by atoms with van der Waals surface area (Å²) in [5, 5.41) is 3.57. The van der Waals surface area contributed by atoms with Crippen LogP contribution in [0.1, 0.15) is 30.5 Å². The van der Waals surface area contributed by atoms with Crippen LogP contribution in [0.5, 0.6) is 5.75 Å². The average molecular weight is 256 g/mol. The molecule has 1 N–H and O–H groups in total. The first kappa shape index (κ1) is 13.6. The van der Waals surface area contributed by atoms with Crippen LogP contribution in [0, 0.1) is 0 Å². The van der Waals surface area contributed by atoms with E-state index in [-0.39, 0.29) is 6.04 Å². The number of pyridine rings is 1. The maximum atomic E-state index is 5.43. The summed E-state index contributed by atoms with van der Waals surface area (Å²) in [5.41, 5.74) is 2.36. The molecule has 3 heteroatoms. The predicted octanol–water partition coefficient (Wildman–Crippen LogP) is 3.18. The van der Waals surface area contributed by atoms with Crippen molar-refractivity contribution in [2.45, 2.75) is 19.4 Å². The molecule has 1 heterocycles. The van der Waals surface area contributed by atoms with Crippen molar-refractivity contribution >= 4 is 0 Å². The molecule has 0 amide bonds. The largest absolute Gasteiger partial charge is 0.495 e. The molecule has 0 aliphatic rings. The molecule has 1 unspecified atom stereocenters. The third-order valence-electron chi connectivity index (χ3n) is 3.08. The van der Waals surface area contributed by atoms with E-state index in [4.69, 9.17) is 4.74 Å². The minimum atomic E-state index is 0.138. The highest BCUT2D eigenvalue weighted by Gasteiger charge is 2.17. The molecule has 2 aromatic rings. The third kappa shape index (κ3) is 3.32. The summed E-state index contributed by atoms with van der Waals surface area (Å²) in [6.45, 7) is 3.13. The number of benzene rings is 1. The molecule has 0 fully saturated rings. The number of nitrogens with zero attached hydrogens (tertiary/aromatic N) is 1. The van der Waals surface area contributed by atoms with Gasteiger partial charge >= 0.3 is 0 Å². The van der Waals surface area contributed by atoms with Gasteiger partial charge in [0.15, 0.2) is 0 Å². The summed E-state index contributed by atoms with van der Waals surface area (Å²) in [7, 11) is 1.68. The Morgan fingerprint density at radius 2 is 2.00 bits per heavy atom. The van der Waals surface area contributed by atoms with Gasteiger partial charge in [0.05, 0.1) is 19.3 Å². The maximum absolute atomic E-state index is 5.43. The summed E-state index contributed by atoms with van der Waals surface area (Å²) in [6.07, 6.45) is 4.66. The number of aromatic nitrogens is 1. The number of hydrogen-bond donors (Lipinski definition) is 1. The molecule has 1 aromatic heterocycles. The molecule has 0 spiro atoms. The highest BCUT2D eigenvalue weighted by Crippen LogP contribution is 2.28. The van der Waals surface area contributed by atoms with Crippen LogP contribution in [0.15, 0.2) is 48.8 Å². The normalized spacial score (nSPS) is 12.1. The zero-order valence-electron chi connectivity index (χ0n) is 11.5. The van der Waals surface area contributed by atoms with Crippen molar-refractivity contribution in [3.63, 3.8) is 0 Å². The molecule has 19 heavy (non-hydrogen) atoms. The Labute approximate surface area is 114 Å². The van der Waals surface area contributed by atoms with Gasteiger partial charge in [0.1, 0.15) is 5.75 Å². The fraction of sp³-hybridized carbons (Fsp3) is 0.312. The molecule has 1 atom stereocenters. The summed E-state index contributed by atoms with van der Waals surface area (Å²) >= 11 is 0. The van der Waals surface area contributed by atoms with E-state index in [1.54, 1.807) is 19.5 Å². The molecule has 0 saturated carbocycles. The van der Waals surface area contributed by atoms with Crippen LogP contribution in [0.3, 0.4) is 0 Å². The quantitative estimate of drug-likeness (QED) is 0.862. The molecule has 0 saturated heterocycles. The Morgan fingerprint density at radius 1 is 1.21 bits per heavy atom. The number of methoxy groups -OCH3 is 1. The predicted molar refractivity (Wildman–Crippen MR) is 77.4 cm³/mol. The van der Waals surface area contributed by atoms with Crippen molar-refractivity contribution in [2.24, 2.45) is 0 Å². The highest BCUT2D eigenvalue weighted by atomic mass is 16.5. The Morgan fingerprint density at radius 3 is 2.68 bits per heavy atom. The lowest BCUT2D eigenvalue weighted by atomic mass is 9.99. The van der Waals surface area contributed by atoms with Crippen molar-refractivity contribution in [1.82, 2.24) is 10.3 Å². The van der Waals surface area contributed by atoms with Crippen LogP contribution in [-0.4, -0.2) is 18.6 Å². The van der Waals surface area contributed by atoms with E-state index < -0.39 is 0 Å². The van der Waals surface area contributed by atoms with Crippen LogP contribution in [0.25, 0.3) is 0 Å². The first-order valence-electron chi connectivity index (χ1n) is 6.63. The Kier molecular flexibility index (Phi) is 4.93. The Hall–Kier alpha value is -1.87. The topological polar surface area (TPSA) is 34.2 Å². The second kappa shape index (κ2) is 6.90. The Bertz CT molecular complexity index is 499. The van der Waals surface area contributed by atoms with E-state index in [9.17, 15) is 0 Å². The van der Waals surface area contributed by atoms with Gasteiger partial charge in [-0.15, -0.1) is 0 Å². The van der Waals surface area contributed by atoms with E-state index in [1.165, 1.54) is 5.56 Å². The average Bonchev–Trinajstić information content (AvgIpc) is 2.49. The summed E-state index contributed by atoms with van der Waals surface area (Å²) < 4.78 is 5.43. The van der Waals surface area contributed by atoms with Gasteiger partial charge in [-0.05, 0) is 24.6 Å². The van der Waals surface area contributed by atoms with E-state index in [0.717, 1.165) is 24.3 Å². The number of ether oxygens (including phenoxy) is 1. The maximum Gasteiger partial charge on any atom is 0.142 e. The summed E-state index contributed by atoms with van der Waals surface area (Å²) in [4.78, 5) is 4.12. The number of hydrogen-bond acceptors (Lipinski definition) is 3. The molecular formula is C16H20N2O. The van der Waals surface area contributed by atoms with Crippen molar-refractivity contribution in [1.29, 1.82) is 0 Å². The lowest BCUT2D eigenvalue weighted by molar-refractivity contribution is 0.402. The van der Waals surface area contributed by atoms with Gasteiger partial charge in [-0.3, -0.25) is 4.98 Å². The van der Waals surface area contributed by atoms with Gasteiger partial charge < -0.3 is 10.1 Å². The van der Waals surface area contributed by atoms with Crippen LogP contribution in [0.2, 0.25) is 0 Å². The molecule has 0 bridgehead atoms. The first-order chi connectivity index (χ1) is 9.36. The SMILES string of the molecule is CCCNC(c1ccccc1)c1ccncc1OC. The van der Waals surface area contributed by atoms with Crippen molar-refractivity contribution in [3.05, 3.63) is 59.9 Å². The molecular weight excluding hydrogens is 236 g/mol. The lowest BCUT2D eigenvalue weighted by Gasteiger charge is -2.21. The van der Waals surface area contributed by atoms with Gasteiger partial charge in [0.25, 0.3) is 0 Å². The van der Waals surface area contributed by atoms with E-state index in [0.29, 0.717) is 0 Å². The molecule has 0 aliphatic heterocycles. The van der Waals surface area contributed by atoms with E-state index in [1.807, 2.05) is 12.1 Å². The third-order valence-corrected chi connectivity index (χ3v) is 3.08. The second-order valence-corrected chi connectivity index (χ2v) is 4.42. The molecule has 3 nitrogen and oxygen atoms in total. The van der Waals surface area contributed by atoms with Crippen LogP contribution < -0.4 is 10.1 Å². The Balaban J connectivity index is 2.37. The first-order valence-corrected chi connectivity index (χ1v) is 6.63. The monoisotopic (exact) mass is 256 g/mol. The standard InChI is InChI=1S/C16H20N2O/c1-3-10-18-16(13-7-5-4-6-8-13)14-9-11-17-12-15(14)19-2/h4-9,11-12,16,18H,3,10H2,1-2H3. The lowest BCUT2D eigenvalue weighted by Crippen LogP contribution is -2.23. The summed E-state index contributed by atoms with van der Waals surface area (Å²) in [6, 6.07) is 12.6. The zero-order valence-corrected chi connectivity index (χ0v) is 11.5.